The highest BCUT2D eigenvalue weighted by molar-refractivity contribution is 5.97. The lowest BCUT2D eigenvalue weighted by Gasteiger charge is -2.33. The van der Waals surface area contributed by atoms with E-state index in [1.807, 2.05) is 12.1 Å². The zero-order valence-corrected chi connectivity index (χ0v) is 17.8. The van der Waals surface area contributed by atoms with Gasteiger partial charge in [-0.15, -0.1) is 0 Å². The molecular formula is C25H21F2N5O. The summed E-state index contributed by atoms with van der Waals surface area (Å²) in [7, 11) is 0. The third-order valence-corrected chi connectivity index (χ3v) is 5.87. The number of anilines is 1. The third-order valence-electron chi connectivity index (χ3n) is 5.87. The highest BCUT2D eigenvalue weighted by Gasteiger charge is 2.36. The molecule has 0 radical (unpaired) electrons. The summed E-state index contributed by atoms with van der Waals surface area (Å²) in [5, 5.41) is 3.86. The first-order valence-corrected chi connectivity index (χ1v) is 10.8. The first-order valence-electron chi connectivity index (χ1n) is 10.8. The maximum atomic E-state index is 14.3. The van der Waals surface area contributed by atoms with Crippen LogP contribution in [0.25, 0.3) is 22.3 Å². The molecule has 0 spiro atoms. The van der Waals surface area contributed by atoms with Gasteiger partial charge < -0.3 is 5.32 Å². The van der Waals surface area contributed by atoms with Gasteiger partial charge in [0, 0.05) is 17.1 Å². The van der Waals surface area contributed by atoms with Gasteiger partial charge in [0.15, 0.2) is 5.78 Å². The molecule has 8 heteroatoms. The van der Waals surface area contributed by atoms with Crippen molar-refractivity contribution in [1.82, 2.24) is 19.9 Å². The molecule has 3 aromatic heterocycles. The highest BCUT2D eigenvalue weighted by Crippen LogP contribution is 2.35. The Morgan fingerprint density at radius 3 is 2.58 bits per heavy atom. The van der Waals surface area contributed by atoms with Gasteiger partial charge in [0.1, 0.15) is 23.0 Å². The smallest absolute Gasteiger partial charge is 0.168 e. The molecule has 0 amide bonds. The van der Waals surface area contributed by atoms with Crippen LogP contribution in [0, 0.1) is 5.82 Å². The number of hydrogen-bond acceptors (Lipinski definition) is 6. The van der Waals surface area contributed by atoms with Crippen molar-refractivity contribution in [2.45, 2.75) is 31.4 Å². The Bertz CT molecular complexity index is 1320. The number of nitrogens with one attached hydrogen (secondary N) is 1. The molecule has 33 heavy (non-hydrogen) atoms. The number of pyridine rings is 2. The summed E-state index contributed by atoms with van der Waals surface area (Å²) in [6.07, 6.45) is 6.97. The van der Waals surface area contributed by atoms with Gasteiger partial charge in [-0.3, -0.25) is 14.8 Å². The second-order valence-corrected chi connectivity index (χ2v) is 8.32. The first-order chi connectivity index (χ1) is 16.0. The molecule has 5 rings (SSSR count). The maximum Gasteiger partial charge on any atom is 0.168 e. The van der Waals surface area contributed by atoms with Gasteiger partial charge in [0.05, 0.1) is 42.3 Å². The molecular weight excluding hydrogens is 424 g/mol. The zero-order valence-electron chi connectivity index (χ0n) is 17.8. The predicted molar refractivity (Wildman–Crippen MR) is 121 cm³/mol. The molecule has 0 unspecified atom stereocenters. The van der Waals surface area contributed by atoms with Crippen LogP contribution < -0.4 is 5.32 Å². The number of carbonyl (C=O) groups excluding carboxylic acids is 1. The molecule has 0 aliphatic heterocycles. The van der Waals surface area contributed by atoms with E-state index >= 15 is 0 Å². The van der Waals surface area contributed by atoms with E-state index in [1.165, 1.54) is 24.3 Å². The Balaban J connectivity index is 1.36. The monoisotopic (exact) mass is 445 g/mol. The van der Waals surface area contributed by atoms with Crippen LogP contribution in [0.1, 0.15) is 35.3 Å². The standard InChI is InChI=1S/C25H21F2N5O/c26-18-5-2-16(3-6-18)23(33)11-19-10-21-17(12-29-19)4-7-20(31-21)22-13-28-14-24(32-22)30-15-25(27)8-1-9-25/h2-7,10,12-14H,1,8-9,11,15H2,(H,30,32). The normalized spacial score (nSPS) is 14.6. The van der Waals surface area contributed by atoms with Crippen LogP contribution in [0.2, 0.25) is 0 Å². The number of rotatable bonds is 7. The van der Waals surface area contributed by atoms with E-state index in [1.54, 1.807) is 24.7 Å². The summed E-state index contributed by atoms with van der Waals surface area (Å²) < 4.78 is 27.4. The molecule has 6 nitrogen and oxygen atoms in total. The molecule has 1 aliphatic rings. The van der Waals surface area contributed by atoms with E-state index in [2.05, 4.69) is 25.3 Å². The molecule has 4 aromatic rings. The van der Waals surface area contributed by atoms with Gasteiger partial charge in [-0.1, -0.05) is 0 Å². The topological polar surface area (TPSA) is 80.7 Å². The molecule has 166 valence electrons. The molecule has 1 aliphatic carbocycles. The fraction of sp³-hybridized carbons (Fsp3) is 0.240. The van der Waals surface area contributed by atoms with Crippen LogP contribution >= 0.6 is 0 Å². The van der Waals surface area contributed by atoms with Crippen LogP contribution in [0.3, 0.4) is 0 Å². The number of Topliss-reactive ketones (excluding diaryl/α,β-unsaturated/α-hetero) is 1. The lowest BCUT2D eigenvalue weighted by atomic mass is 9.82. The van der Waals surface area contributed by atoms with E-state index in [0.717, 1.165) is 11.8 Å². The maximum absolute atomic E-state index is 14.3. The molecule has 1 fully saturated rings. The largest absolute Gasteiger partial charge is 0.366 e. The fourth-order valence-corrected chi connectivity index (χ4v) is 3.76. The summed E-state index contributed by atoms with van der Waals surface area (Å²) in [4.78, 5) is 30.3. The van der Waals surface area contributed by atoms with Crippen molar-refractivity contribution in [2.75, 3.05) is 11.9 Å². The second-order valence-electron chi connectivity index (χ2n) is 8.32. The summed E-state index contributed by atoms with van der Waals surface area (Å²) in [6, 6.07) is 10.9. The number of aromatic nitrogens is 4. The van der Waals surface area contributed by atoms with Gasteiger partial charge in [-0.05, 0) is 61.7 Å². The Morgan fingerprint density at radius 2 is 1.82 bits per heavy atom. The molecule has 0 saturated heterocycles. The Kier molecular flexibility index (Phi) is 5.50. The summed E-state index contributed by atoms with van der Waals surface area (Å²) in [6.45, 7) is 0.216. The Labute approximate surface area is 189 Å². The van der Waals surface area contributed by atoms with Gasteiger partial charge in [-0.25, -0.2) is 18.7 Å². The minimum Gasteiger partial charge on any atom is -0.366 e. The Hall–Kier alpha value is -3.81. The van der Waals surface area contributed by atoms with Crippen molar-refractivity contribution in [3.05, 3.63) is 78.1 Å². The number of carbonyl (C=O) groups is 1. The number of halogens is 2. The van der Waals surface area contributed by atoms with Crippen LogP contribution in [0.4, 0.5) is 14.6 Å². The first kappa shape index (κ1) is 21.1. The van der Waals surface area contributed by atoms with Crippen LogP contribution in [-0.2, 0) is 6.42 Å². The molecule has 0 atom stereocenters. The van der Waals surface area contributed by atoms with E-state index in [-0.39, 0.29) is 24.6 Å². The number of nitrogens with zero attached hydrogens (tertiary/aromatic N) is 4. The number of hydrogen-bond donors (Lipinski definition) is 1. The molecule has 1 N–H and O–H groups in total. The molecule has 3 heterocycles. The summed E-state index contributed by atoms with van der Waals surface area (Å²) in [5.41, 5.74) is 1.67. The third kappa shape index (κ3) is 4.69. The van der Waals surface area contributed by atoms with Crippen LogP contribution in [0.15, 0.2) is 61.1 Å². The van der Waals surface area contributed by atoms with E-state index in [4.69, 9.17) is 0 Å². The van der Waals surface area contributed by atoms with Crippen molar-refractivity contribution in [2.24, 2.45) is 0 Å². The second kappa shape index (κ2) is 8.61. The van der Waals surface area contributed by atoms with Gasteiger partial charge in [0.2, 0.25) is 0 Å². The number of fused-ring (bicyclic) bond motifs is 1. The minimum atomic E-state index is -1.16. The number of benzene rings is 1. The van der Waals surface area contributed by atoms with Crippen molar-refractivity contribution >= 4 is 22.5 Å². The van der Waals surface area contributed by atoms with Crippen molar-refractivity contribution in [3.63, 3.8) is 0 Å². The highest BCUT2D eigenvalue weighted by atomic mass is 19.1. The zero-order chi connectivity index (χ0) is 22.8. The molecule has 1 aromatic carbocycles. The van der Waals surface area contributed by atoms with Gasteiger partial charge >= 0.3 is 0 Å². The average Bonchev–Trinajstić information content (AvgIpc) is 2.81. The van der Waals surface area contributed by atoms with Crippen molar-refractivity contribution < 1.29 is 13.6 Å². The van der Waals surface area contributed by atoms with Crippen molar-refractivity contribution in [1.29, 1.82) is 0 Å². The Morgan fingerprint density at radius 1 is 1.00 bits per heavy atom. The quantitative estimate of drug-likeness (QED) is 0.405. The number of ketones is 1. The van der Waals surface area contributed by atoms with Gasteiger partial charge in [-0.2, -0.15) is 0 Å². The summed E-state index contributed by atoms with van der Waals surface area (Å²) in [5.74, 6) is -0.0416. The predicted octanol–water partition coefficient (Wildman–Crippen LogP) is 4.96. The minimum absolute atomic E-state index is 0.0810. The van der Waals surface area contributed by atoms with Gasteiger partial charge in [0.25, 0.3) is 0 Å². The lowest BCUT2D eigenvalue weighted by Crippen LogP contribution is -2.39. The van der Waals surface area contributed by atoms with E-state index < -0.39 is 5.67 Å². The van der Waals surface area contributed by atoms with Crippen molar-refractivity contribution in [3.8, 4) is 11.4 Å². The van der Waals surface area contributed by atoms with Crippen LogP contribution in [-0.4, -0.2) is 37.9 Å². The molecule has 1 saturated carbocycles. The SMILES string of the molecule is O=C(Cc1cc2nc(-c3cncc(NCC4(F)CCC4)n3)ccc2cn1)c1ccc(F)cc1. The number of alkyl halides is 1. The van der Waals surface area contributed by atoms with E-state index in [0.29, 0.717) is 46.8 Å². The fourth-order valence-electron chi connectivity index (χ4n) is 3.76. The van der Waals surface area contributed by atoms with E-state index in [9.17, 15) is 13.6 Å². The lowest BCUT2D eigenvalue weighted by molar-refractivity contribution is 0.0783. The molecule has 0 bridgehead atoms. The van der Waals surface area contributed by atoms with Crippen LogP contribution in [0.5, 0.6) is 0 Å². The summed E-state index contributed by atoms with van der Waals surface area (Å²) >= 11 is 0. The average molecular weight is 445 g/mol.